The topological polar surface area (TPSA) is 86.8 Å². The van der Waals surface area contributed by atoms with E-state index in [9.17, 15) is 18.0 Å². The third-order valence-electron chi connectivity index (χ3n) is 7.82. The van der Waals surface area contributed by atoms with Crippen LogP contribution in [0.15, 0.2) is 119 Å². The molecule has 1 atom stereocenters. The second kappa shape index (κ2) is 16.6. The first-order chi connectivity index (χ1) is 22.1. The van der Waals surface area contributed by atoms with Gasteiger partial charge >= 0.3 is 0 Å². The first-order valence-corrected chi connectivity index (χ1v) is 17.9. The Morgan fingerprint density at radius 3 is 2.00 bits per heavy atom. The van der Waals surface area contributed by atoms with Gasteiger partial charge in [-0.2, -0.15) is 0 Å². The number of nitrogens with one attached hydrogen (secondary N) is 1. The van der Waals surface area contributed by atoms with Crippen molar-refractivity contribution in [2.75, 3.05) is 17.4 Å². The number of nitrogens with zero attached hydrogens (tertiary/aromatic N) is 2. The van der Waals surface area contributed by atoms with E-state index in [4.69, 9.17) is 0 Å². The highest BCUT2D eigenvalue weighted by atomic mass is 79.9. The van der Waals surface area contributed by atoms with Crippen molar-refractivity contribution in [3.63, 3.8) is 0 Å². The molecule has 0 saturated carbocycles. The van der Waals surface area contributed by atoms with Crippen molar-refractivity contribution >= 4 is 43.5 Å². The Bertz CT molecular complexity index is 1660. The number of amides is 2. The summed E-state index contributed by atoms with van der Waals surface area (Å²) in [6, 6.07) is 31.6. The van der Waals surface area contributed by atoms with Crippen LogP contribution in [0.2, 0.25) is 0 Å². The van der Waals surface area contributed by atoms with E-state index < -0.39 is 28.5 Å². The number of carbonyl (C=O) groups is 2. The van der Waals surface area contributed by atoms with Crippen LogP contribution in [0.3, 0.4) is 0 Å². The molecule has 0 saturated heterocycles. The average molecular weight is 705 g/mol. The molecule has 9 heteroatoms. The minimum atomic E-state index is -4.14. The number of halogens is 1. The van der Waals surface area contributed by atoms with Gasteiger partial charge in [0.15, 0.2) is 0 Å². The molecule has 242 valence electrons. The molecule has 4 rings (SSSR count). The minimum absolute atomic E-state index is 0.0772. The zero-order chi connectivity index (χ0) is 33.1. The molecule has 0 aromatic heterocycles. The van der Waals surface area contributed by atoms with Crippen LogP contribution in [-0.4, -0.2) is 44.3 Å². The van der Waals surface area contributed by atoms with E-state index in [0.717, 1.165) is 38.3 Å². The average Bonchev–Trinajstić information content (AvgIpc) is 3.07. The summed E-state index contributed by atoms with van der Waals surface area (Å²) in [6.45, 7) is 6.30. The van der Waals surface area contributed by atoms with E-state index in [1.165, 1.54) is 17.0 Å². The molecule has 2 amide bonds. The third kappa shape index (κ3) is 9.30. The van der Waals surface area contributed by atoms with Gasteiger partial charge in [-0.15, -0.1) is 0 Å². The zero-order valence-corrected chi connectivity index (χ0v) is 29.0. The summed E-state index contributed by atoms with van der Waals surface area (Å²) < 4.78 is 30.3. The van der Waals surface area contributed by atoms with Crippen LogP contribution in [0.25, 0.3) is 0 Å². The summed E-state index contributed by atoms with van der Waals surface area (Å²) in [7, 11) is -4.14. The highest BCUT2D eigenvalue weighted by molar-refractivity contribution is 9.10. The molecule has 0 unspecified atom stereocenters. The number of benzene rings is 4. The molecular formula is C37H42BrN3O4S. The van der Waals surface area contributed by atoms with Crippen LogP contribution in [-0.2, 0) is 32.6 Å². The van der Waals surface area contributed by atoms with Gasteiger partial charge in [-0.05, 0) is 65.4 Å². The lowest BCUT2D eigenvalue weighted by Crippen LogP contribution is -2.53. The lowest BCUT2D eigenvalue weighted by atomic mass is 10.0. The number of hydrogen-bond acceptors (Lipinski definition) is 4. The number of hydrogen-bond donors (Lipinski definition) is 1. The van der Waals surface area contributed by atoms with Gasteiger partial charge in [0, 0.05) is 24.0 Å². The maximum Gasteiger partial charge on any atom is 0.264 e. The monoisotopic (exact) mass is 703 g/mol. The van der Waals surface area contributed by atoms with Gasteiger partial charge in [-0.1, -0.05) is 116 Å². The normalized spacial score (nSPS) is 12.0. The molecule has 4 aromatic carbocycles. The van der Waals surface area contributed by atoms with Crippen molar-refractivity contribution in [2.24, 2.45) is 0 Å². The largest absolute Gasteiger partial charge is 0.354 e. The SMILES string of the molecule is CCCCNC(=O)[C@@H](Cc1ccccc1)N(Cc1ccc(Br)cc1)C(=O)CN(c1ccc(C(C)C)cc1)S(=O)(=O)c1ccccc1. The molecule has 0 aliphatic rings. The Labute approximate surface area is 281 Å². The fourth-order valence-corrected chi connectivity index (χ4v) is 6.82. The van der Waals surface area contributed by atoms with E-state index in [1.54, 1.807) is 30.3 Å². The lowest BCUT2D eigenvalue weighted by Gasteiger charge is -2.34. The zero-order valence-electron chi connectivity index (χ0n) is 26.6. The van der Waals surface area contributed by atoms with E-state index in [1.807, 2.05) is 73.7 Å². The molecule has 4 aromatic rings. The highest BCUT2D eigenvalue weighted by Gasteiger charge is 2.34. The molecule has 0 bridgehead atoms. The molecule has 0 heterocycles. The number of unbranched alkanes of at least 4 members (excludes halogenated alkanes) is 1. The van der Waals surface area contributed by atoms with Gasteiger partial charge in [-0.25, -0.2) is 8.42 Å². The molecule has 0 radical (unpaired) electrons. The second-order valence-corrected chi connectivity index (χ2v) is 14.3. The molecule has 46 heavy (non-hydrogen) atoms. The van der Waals surface area contributed by atoms with Crippen molar-refractivity contribution in [2.45, 2.75) is 63.4 Å². The van der Waals surface area contributed by atoms with E-state index in [-0.39, 0.29) is 29.7 Å². The maximum absolute atomic E-state index is 14.5. The Morgan fingerprint density at radius 2 is 1.41 bits per heavy atom. The van der Waals surface area contributed by atoms with Gasteiger partial charge < -0.3 is 10.2 Å². The summed E-state index contributed by atoms with van der Waals surface area (Å²) in [4.78, 5) is 30.0. The number of rotatable bonds is 15. The quantitative estimate of drug-likeness (QED) is 0.132. The molecule has 0 fully saturated rings. The second-order valence-electron chi connectivity index (χ2n) is 11.6. The van der Waals surface area contributed by atoms with Crippen LogP contribution in [0.5, 0.6) is 0 Å². The summed E-state index contributed by atoms with van der Waals surface area (Å²) in [5.74, 6) is -0.510. The predicted octanol–water partition coefficient (Wildman–Crippen LogP) is 7.32. The fourth-order valence-electron chi connectivity index (χ4n) is 5.12. The predicted molar refractivity (Wildman–Crippen MR) is 188 cm³/mol. The van der Waals surface area contributed by atoms with Crippen LogP contribution in [0.1, 0.15) is 56.2 Å². The molecular weight excluding hydrogens is 662 g/mol. The Balaban J connectivity index is 1.78. The minimum Gasteiger partial charge on any atom is -0.354 e. The Morgan fingerprint density at radius 1 is 0.804 bits per heavy atom. The summed E-state index contributed by atoms with van der Waals surface area (Å²) in [5, 5.41) is 3.02. The lowest BCUT2D eigenvalue weighted by molar-refractivity contribution is -0.140. The smallest absolute Gasteiger partial charge is 0.264 e. The van der Waals surface area contributed by atoms with Crippen molar-refractivity contribution in [1.29, 1.82) is 0 Å². The third-order valence-corrected chi connectivity index (χ3v) is 10.1. The van der Waals surface area contributed by atoms with Gasteiger partial charge in [0.1, 0.15) is 12.6 Å². The van der Waals surface area contributed by atoms with Crippen LogP contribution >= 0.6 is 15.9 Å². The van der Waals surface area contributed by atoms with Gasteiger partial charge in [-0.3, -0.25) is 13.9 Å². The number of anilines is 1. The number of carbonyl (C=O) groups excluding carboxylic acids is 2. The van der Waals surface area contributed by atoms with E-state index in [2.05, 4.69) is 35.1 Å². The summed E-state index contributed by atoms with van der Waals surface area (Å²) in [6.07, 6.45) is 1.99. The number of sulfonamides is 1. The molecule has 0 aliphatic carbocycles. The highest BCUT2D eigenvalue weighted by Crippen LogP contribution is 2.27. The van der Waals surface area contributed by atoms with E-state index >= 15 is 0 Å². The van der Waals surface area contributed by atoms with Crippen LogP contribution in [0, 0.1) is 0 Å². The van der Waals surface area contributed by atoms with E-state index in [0.29, 0.717) is 12.2 Å². The first kappa shape index (κ1) is 34.9. The first-order valence-electron chi connectivity index (χ1n) is 15.6. The molecule has 0 spiro atoms. The van der Waals surface area contributed by atoms with Crippen LogP contribution in [0.4, 0.5) is 5.69 Å². The maximum atomic E-state index is 14.5. The van der Waals surface area contributed by atoms with Gasteiger partial charge in [0.05, 0.1) is 10.6 Å². The van der Waals surface area contributed by atoms with Crippen molar-refractivity contribution in [3.05, 3.63) is 130 Å². The Hall–Kier alpha value is -3.95. The van der Waals surface area contributed by atoms with Crippen molar-refractivity contribution < 1.29 is 18.0 Å². The molecule has 0 aliphatic heterocycles. The Kier molecular flexibility index (Phi) is 12.6. The van der Waals surface area contributed by atoms with Crippen LogP contribution < -0.4 is 9.62 Å². The standard InChI is InChI=1S/C37H42BrN3O4S/c1-4-5-24-39-37(43)35(25-29-12-8-6-9-13-29)40(26-30-16-20-32(38)21-17-30)36(42)27-41(33-22-18-31(19-23-33)28(2)3)46(44,45)34-14-10-7-11-15-34/h6-23,28,35H,4-5,24-27H2,1-3H3,(H,39,43)/t35-/m1/s1. The molecule has 1 N–H and O–H groups in total. The van der Waals surface area contributed by atoms with Crippen molar-refractivity contribution in [1.82, 2.24) is 10.2 Å². The summed E-state index contributed by atoms with van der Waals surface area (Å²) in [5.41, 5.74) is 3.13. The van der Waals surface area contributed by atoms with Crippen molar-refractivity contribution in [3.8, 4) is 0 Å². The van der Waals surface area contributed by atoms with Gasteiger partial charge in [0.2, 0.25) is 11.8 Å². The fraction of sp³-hybridized carbons (Fsp3) is 0.297. The van der Waals surface area contributed by atoms with Gasteiger partial charge in [0.25, 0.3) is 10.0 Å². The summed E-state index contributed by atoms with van der Waals surface area (Å²) >= 11 is 3.47. The molecule has 7 nitrogen and oxygen atoms in total.